The number of piperidine rings is 2. The summed E-state index contributed by atoms with van der Waals surface area (Å²) in [6.45, 7) is 2.84. The number of fused-ring (bicyclic) bond motifs is 5. The Balaban J connectivity index is 1.23. The molecule has 4 fully saturated rings. The summed E-state index contributed by atoms with van der Waals surface area (Å²) >= 11 is 0. The molecule has 2 aliphatic carbocycles. The van der Waals surface area contributed by atoms with Crippen molar-refractivity contribution in [3.05, 3.63) is 24.3 Å². The van der Waals surface area contributed by atoms with Gasteiger partial charge in [0.25, 0.3) is 0 Å². The molecule has 178 valence electrons. The van der Waals surface area contributed by atoms with E-state index in [2.05, 4.69) is 21.9 Å². The highest BCUT2D eigenvalue weighted by Gasteiger charge is 2.46. The minimum absolute atomic E-state index is 0.261. The van der Waals surface area contributed by atoms with E-state index in [0.717, 1.165) is 23.6 Å². The van der Waals surface area contributed by atoms with Gasteiger partial charge in [0.1, 0.15) is 5.71 Å². The number of nitrogens with zero attached hydrogens (tertiary/aromatic N) is 3. The van der Waals surface area contributed by atoms with Crippen molar-refractivity contribution in [1.82, 2.24) is 4.90 Å². The Bertz CT molecular complexity index is 888. The molecule has 1 aromatic carbocycles. The van der Waals surface area contributed by atoms with Crippen LogP contribution in [0.4, 0.5) is 11.4 Å². The highest BCUT2D eigenvalue weighted by Crippen LogP contribution is 2.47. The van der Waals surface area contributed by atoms with Gasteiger partial charge in [0.15, 0.2) is 0 Å². The molecule has 3 heterocycles. The molecule has 1 aromatic rings. The molecule has 6 rings (SSSR count). The van der Waals surface area contributed by atoms with Gasteiger partial charge in [-0.2, -0.15) is 0 Å². The van der Waals surface area contributed by atoms with Crippen molar-refractivity contribution in [3.8, 4) is 0 Å². The van der Waals surface area contributed by atoms with E-state index in [-0.39, 0.29) is 5.97 Å². The Hall–Kier alpha value is -1.88. The average Bonchev–Trinajstić information content (AvgIpc) is 2.82. The second kappa shape index (κ2) is 9.05. The lowest BCUT2D eigenvalue weighted by Crippen LogP contribution is -2.62. The highest BCUT2D eigenvalue weighted by atomic mass is 16.5. The van der Waals surface area contributed by atoms with E-state index in [9.17, 15) is 4.79 Å². The van der Waals surface area contributed by atoms with Crippen LogP contribution in [0.2, 0.25) is 0 Å². The maximum absolute atomic E-state index is 12.6. The van der Waals surface area contributed by atoms with Crippen LogP contribution in [0, 0.1) is 11.8 Å². The van der Waals surface area contributed by atoms with Gasteiger partial charge in [-0.15, -0.1) is 0 Å². The SMILES string of the molecule is CCOC(=O)C1=Nc2ccccc2N(C2CC3CCCC(C2)N3C2CC3CCCC(C3)C2)C1. The van der Waals surface area contributed by atoms with Crippen LogP contribution >= 0.6 is 0 Å². The Morgan fingerprint density at radius 2 is 1.61 bits per heavy atom. The lowest BCUT2D eigenvalue weighted by molar-refractivity contribution is -0.135. The van der Waals surface area contributed by atoms with E-state index in [1.54, 1.807) is 0 Å². The van der Waals surface area contributed by atoms with Gasteiger partial charge in [0.05, 0.1) is 24.5 Å². The summed E-state index contributed by atoms with van der Waals surface area (Å²) < 4.78 is 5.33. The number of carbonyl (C=O) groups is 1. The summed E-state index contributed by atoms with van der Waals surface area (Å²) in [5.41, 5.74) is 2.66. The van der Waals surface area contributed by atoms with E-state index < -0.39 is 0 Å². The number of ether oxygens (including phenoxy) is 1. The number of benzene rings is 1. The van der Waals surface area contributed by atoms with Gasteiger partial charge < -0.3 is 9.64 Å². The lowest BCUT2D eigenvalue weighted by atomic mass is 9.68. The zero-order chi connectivity index (χ0) is 22.4. The molecule has 2 saturated carbocycles. The zero-order valence-electron chi connectivity index (χ0n) is 20.1. The quantitative estimate of drug-likeness (QED) is 0.570. The molecule has 4 atom stereocenters. The fourth-order valence-corrected chi connectivity index (χ4v) is 8.06. The van der Waals surface area contributed by atoms with E-state index >= 15 is 0 Å². The molecule has 4 unspecified atom stereocenters. The van der Waals surface area contributed by atoms with Gasteiger partial charge in [0.2, 0.25) is 0 Å². The van der Waals surface area contributed by atoms with Crippen LogP contribution in [0.3, 0.4) is 0 Å². The van der Waals surface area contributed by atoms with Gasteiger partial charge in [-0.05, 0) is 75.8 Å². The fourth-order valence-electron chi connectivity index (χ4n) is 8.06. The topological polar surface area (TPSA) is 45.1 Å². The fraction of sp³-hybridized carbons (Fsp3) is 0.714. The van der Waals surface area contributed by atoms with E-state index in [1.807, 2.05) is 19.1 Å². The van der Waals surface area contributed by atoms with Crippen LogP contribution in [0.1, 0.15) is 77.6 Å². The molecule has 0 N–H and O–H groups in total. The van der Waals surface area contributed by atoms with Crippen molar-refractivity contribution in [2.45, 2.75) is 102 Å². The summed E-state index contributed by atoms with van der Waals surface area (Å²) in [6.07, 6.45) is 15.3. The van der Waals surface area contributed by atoms with Crippen LogP contribution in [0.15, 0.2) is 29.3 Å². The normalized spacial score (nSPS) is 36.0. The van der Waals surface area contributed by atoms with Gasteiger partial charge in [-0.25, -0.2) is 9.79 Å². The number of anilines is 1. The number of para-hydroxylation sites is 2. The molecule has 0 radical (unpaired) electrons. The van der Waals surface area contributed by atoms with Gasteiger partial charge in [-0.3, -0.25) is 4.90 Å². The van der Waals surface area contributed by atoms with Gasteiger partial charge in [-0.1, -0.05) is 37.8 Å². The van der Waals surface area contributed by atoms with E-state index in [1.165, 1.54) is 76.3 Å². The summed E-state index contributed by atoms with van der Waals surface area (Å²) in [7, 11) is 0. The van der Waals surface area contributed by atoms with Gasteiger partial charge in [0, 0.05) is 24.2 Å². The van der Waals surface area contributed by atoms with Crippen molar-refractivity contribution in [1.29, 1.82) is 0 Å². The van der Waals surface area contributed by atoms with Crippen molar-refractivity contribution in [2.75, 3.05) is 18.1 Å². The molecule has 5 heteroatoms. The Morgan fingerprint density at radius 3 is 2.33 bits per heavy atom. The first-order chi connectivity index (χ1) is 16.2. The smallest absolute Gasteiger partial charge is 0.354 e. The maximum Gasteiger partial charge on any atom is 0.354 e. The second-order valence-electron chi connectivity index (χ2n) is 11.2. The third-order valence-corrected chi connectivity index (χ3v) is 9.25. The van der Waals surface area contributed by atoms with Gasteiger partial charge >= 0.3 is 5.97 Å². The maximum atomic E-state index is 12.6. The predicted octanol–water partition coefficient (Wildman–Crippen LogP) is 5.50. The molecular weight excluding hydrogens is 410 g/mol. The summed E-state index contributed by atoms with van der Waals surface area (Å²) in [5, 5.41) is 0. The van der Waals surface area contributed by atoms with Crippen molar-refractivity contribution >= 4 is 23.1 Å². The largest absolute Gasteiger partial charge is 0.461 e. The minimum Gasteiger partial charge on any atom is -0.461 e. The molecular formula is C28H39N3O2. The zero-order valence-corrected chi connectivity index (χ0v) is 20.1. The van der Waals surface area contributed by atoms with Crippen LogP contribution in [0.25, 0.3) is 0 Å². The van der Waals surface area contributed by atoms with E-state index in [0.29, 0.717) is 37.0 Å². The van der Waals surface area contributed by atoms with Crippen LogP contribution < -0.4 is 4.90 Å². The molecule has 4 bridgehead atoms. The van der Waals surface area contributed by atoms with Crippen molar-refractivity contribution in [2.24, 2.45) is 16.8 Å². The number of aliphatic imine (C=N–C) groups is 1. The predicted molar refractivity (Wildman–Crippen MR) is 132 cm³/mol. The van der Waals surface area contributed by atoms with Crippen molar-refractivity contribution in [3.63, 3.8) is 0 Å². The summed E-state index contributed by atoms with van der Waals surface area (Å²) in [4.78, 5) is 22.8. The van der Waals surface area contributed by atoms with Crippen LogP contribution in [-0.2, 0) is 9.53 Å². The third-order valence-electron chi connectivity index (χ3n) is 9.25. The Kier molecular flexibility index (Phi) is 5.94. The Morgan fingerprint density at radius 1 is 0.909 bits per heavy atom. The minimum atomic E-state index is -0.261. The number of hydrogen-bond acceptors (Lipinski definition) is 5. The number of carbonyl (C=O) groups excluding carboxylic acids is 1. The highest BCUT2D eigenvalue weighted by molar-refractivity contribution is 6.39. The van der Waals surface area contributed by atoms with Crippen molar-refractivity contribution < 1.29 is 9.53 Å². The van der Waals surface area contributed by atoms with E-state index in [4.69, 9.17) is 9.73 Å². The molecule has 2 saturated heterocycles. The lowest BCUT2D eigenvalue weighted by Gasteiger charge is -2.56. The molecule has 33 heavy (non-hydrogen) atoms. The molecule has 0 amide bonds. The summed E-state index contributed by atoms with van der Waals surface area (Å²) in [6, 6.07) is 11.0. The number of hydrogen-bond donors (Lipinski definition) is 0. The van der Waals surface area contributed by atoms with Crippen LogP contribution in [0.5, 0.6) is 0 Å². The first-order valence-electron chi connectivity index (χ1n) is 13.6. The second-order valence-corrected chi connectivity index (χ2v) is 11.2. The Labute approximate surface area is 198 Å². The summed E-state index contributed by atoms with van der Waals surface area (Å²) in [5.74, 6) is 1.71. The monoisotopic (exact) mass is 449 g/mol. The molecule has 5 aliphatic rings. The average molecular weight is 450 g/mol. The first kappa shape index (κ1) is 21.6. The number of esters is 1. The molecule has 5 nitrogen and oxygen atoms in total. The third kappa shape index (κ3) is 4.11. The molecule has 0 aromatic heterocycles. The number of rotatable bonds is 4. The standard InChI is InChI=1S/C28H39N3O2/c1-2-33-28(32)26-18-30(27-12-4-3-11-25(27)29-26)23-16-21-9-6-10-22(17-23)31(21)24-14-19-7-5-8-20(13-19)15-24/h3-4,11-12,19-24H,2,5-10,13-18H2,1H3. The van der Waals surface area contributed by atoms with Crippen LogP contribution in [-0.4, -0.2) is 53.9 Å². The molecule has 0 spiro atoms. The first-order valence-corrected chi connectivity index (χ1v) is 13.6. The molecule has 3 aliphatic heterocycles.